The van der Waals surface area contributed by atoms with E-state index >= 15 is 0 Å². The zero-order chi connectivity index (χ0) is 10.9. The van der Waals surface area contributed by atoms with E-state index in [4.69, 9.17) is 5.73 Å². The molecule has 4 heteroatoms. The number of aryl methyl sites for hydroxylation is 1. The normalized spacial score (nSPS) is 20.2. The smallest absolute Gasteiger partial charge is 0.0534 e. The molecule has 0 aliphatic carbocycles. The Morgan fingerprint density at radius 3 is 2.73 bits per heavy atom. The Balaban J connectivity index is 1.84. The van der Waals surface area contributed by atoms with Gasteiger partial charge in [0.05, 0.1) is 6.20 Å². The van der Waals surface area contributed by atoms with Gasteiger partial charge in [-0.1, -0.05) is 6.92 Å². The van der Waals surface area contributed by atoms with Gasteiger partial charge in [-0.05, 0) is 13.3 Å². The van der Waals surface area contributed by atoms with E-state index < -0.39 is 0 Å². The molecule has 0 saturated carbocycles. The van der Waals surface area contributed by atoms with Crippen LogP contribution in [0, 0.1) is 0 Å². The minimum atomic E-state index is 0.0702. The van der Waals surface area contributed by atoms with Crippen LogP contribution in [0.3, 0.4) is 0 Å². The molecule has 0 unspecified atom stereocenters. The quantitative estimate of drug-likeness (QED) is 0.797. The lowest BCUT2D eigenvalue weighted by Crippen LogP contribution is -2.66. The van der Waals surface area contributed by atoms with Gasteiger partial charge in [0.25, 0.3) is 0 Å². The van der Waals surface area contributed by atoms with Crippen LogP contribution in [0.15, 0.2) is 12.4 Å². The van der Waals surface area contributed by atoms with Crippen molar-refractivity contribution in [2.45, 2.75) is 38.9 Å². The van der Waals surface area contributed by atoms with Gasteiger partial charge in [-0.3, -0.25) is 9.58 Å². The molecule has 1 saturated heterocycles. The Labute approximate surface area is 91.1 Å². The Bertz CT molecular complexity index is 325. The fourth-order valence-corrected chi connectivity index (χ4v) is 2.10. The third kappa shape index (κ3) is 2.21. The van der Waals surface area contributed by atoms with Gasteiger partial charge in [0.2, 0.25) is 0 Å². The molecular formula is C11H20N4. The van der Waals surface area contributed by atoms with Crippen LogP contribution in [-0.2, 0) is 13.1 Å². The molecule has 1 aliphatic heterocycles. The van der Waals surface area contributed by atoms with E-state index in [0.717, 1.165) is 32.6 Å². The number of nitrogens with two attached hydrogens (primary N) is 1. The second-order valence-electron chi connectivity index (χ2n) is 4.57. The molecule has 0 spiro atoms. The van der Waals surface area contributed by atoms with Crippen LogP contribution in [0.2, 0.25) is 0 Å². The van der Waals surface area contributed by atoms with Crippen molar-refractivity contribution in [3.8, 4) is 0 Å². The number of nitrogens with zero attached hydrogens (tertiary/aromatic N) is 3. The summed E-state index contributed by atoms with van der Waals surface area (Å²) in [5.74, 6) is 0. The molecule has 4 nitrogen and oxygen atoms in total. The second-order valence-corrected chi connectivity index (χ2v) is 4.57. The first-order chi connectivity index (χ1) is 7.15. The summed E-state index contributed by atoms with van der Waals surface area (Å²) >= 11 is 0. The highest BCUT2D eigenvalue weighted by molar-refractivity contribution is 5.07. The SMILES string of the molecule is CCn1cc(CN2CC(N)(CC)C2)cn1. The third-order valence-corrected chi connectivity index (χ3v) is 3.20. The molecule has 15 heavy (non-hydrogen) atoms. The topological polar surface area (TPSA) is 47.1 Å². The largest absolute Gasteiger partial charge is 0.323 e. The van der Waals surface area contributed by atoms with Gasteiger partial charge in [-0.15, -0.1) is 0 Å². The molecule has 0 aromatic carbocycles. The van der Waals surface area contributed by atoms with Crippen molar-refractivity contribution in [1.82, 2.24) is 14.7 Å². The Morgan fingerprint density at radius 1 is 1.47 bits per heavy atom. The predicted molar refractivity (Wildman–Crippen MR) is 60.4 cm³/mol. The highest BCUT2D eigenvalue weighted by Crippen LogP contribution is 2.23. The van der Waals surface area contributed by atoms with E-state index in [1.54, 1.807) is 0 Å². The summed E-state index contributed by atoms with van der Waals surface area (Å²) in [5, 5.41) is 4.26. The van der Waals surface area contributed by atoms with E-state index in [9.17, 15) is 0 Å². The lowest BCUT2D eigenvalue weighted by molar-refractivity contribution is 0.0607. The lowest BCUT2D eigenvalue weighted by Gasteiger charge is -2.47. The fourth-order valence-electron chi connectivity index (χ4n) is 2.10. The monoisotopic (exact) mass is 208 g/mol. The van der Waals surface area contributed by atoms with Crippen molar-refractivity contribution in [2.75, 3.05) is 13.1 Å². The van der Waals surface area contributed by atoms with Gasteiger partial charge >= 0.3 is 0 Å². The molecular weight excluding hydrogens is 188 g/mol. The maximum Gasteiger partial charge on any atom is 0.0534 e. The molecule has 1 aromatic heterocycles. The molecule has 1 aromatic rings. The molecule has 2 heterocycles. The van der Waals surface area contributed by atoms with E-state index in [2.05, 4.69) is 30.0 Å². The van der Waals surface area contributed by atoms with E-state index in [-0.39, 0.29) is 5.54 Å². The first kappa shape index (κ1) is 10.6. The molecule has 84 valence electrons. The molecule has 0 bridgehead atoms. The number of rotatable bonds is 4. The van der Waals surface area contributed by atoms with Gasteiger partial charge in [0, 0.05) is 43.5 Å². The summed E-state index contributed by atoms with van der Waals surface area (Å²) in [6, 6.07) is 0. The number of likely N-dealkylation sites (tertiary alicyclic amines) is 1. The van der Waals surface area contributed by atoms with E-state index in [0.29, 0.717) is 0 Å². The van der Waals surface area contributed by atoms with Crippen molar-refractivity contribution in [3.05, 3.63) is 18.0 Å². The Kier molecular flexibility index (Phi) is 2.80. The van der Waals surface area contributed by atoms with Gasteiger partial charge in [0.15, 0.2) is 0 Å². The van der Waals surface area contributed by atoms with E-state index in [1.807, 2.05) is 10.9 Å². The van der Waals surface area contributed by atoms with Crippen molar-refractivity contribution in [2.24, 2.45) is 5.73 Å². The van der Waals surface area contributed by atoms with Crippen LogP contribution >= 0.6 is 0 Å². The van der Waals surface area contributed by atoms with Crippen LogP contribution in [-0.4, -0.2) is 33.3 Å². The summed E-state index contributed by atoms with van der Waals surface area (Å²) in [6.07, 6.45) is 5.13. The maximum absolute atomic E-state index is 6.12. The van der Waals surface area contributed by atoms with Crippen molar-refractivity contribution in [3.63, 3.8) is 0 Å². The number of hydrogen-bond acceptors (Lipinski definition) is 3. The summed E-state index contributed by atoms with van der Waals surface area (Å²) in [7, 11) is 0. The van der Waals surface area contributed by atoms with Crippen LogP contribution in [0.1, 0.15) is 25.8 Å². The number of aromatic nitrogens is 2. The van der Waals surface area contributed by atoms with Crippen LogP contribution in [0.5, 0.6) is 0 Å². The molecule has 0 amide bonds. The molecule has 0 atom stereocenters. The van der Waals surface area contributed by atoms with Crippen molar-refractivity contribution < 1.29 is 0 Å². The highest BCUT2D eigenvalue weighted by Gasteiger charge is 2.37. The summed E-state index contributed by atoms with van der Waals surface area (Å²) in [6.45, 7) is 8.21. The third-order valence-electron chi connectivity index (χ3n) is 3.20. The Morgan fingerprint density at radius 2 is 2.20 bits per heavy atom. The summed E-state index contributed by atoms with van der Waals surface area (Å²) in [4.78, 5) is 2.38. The first-order valence-electron chi connectivity index (χ1n) is 5.68. The van der Waals surface area contributed by atoms with Crippen molar-refractivity contribution >= 4 is 0 Å². The van der Waals surface area contributed by atoms with Crippen LogP contribution in [0.25, 0.3) is 0 Å². The molecule has 2 rings (SSSR count). The average Bonchev–Trinajstić information content (AvgIpc) is 2.63. The first-order valence-corrected chi connectivity index (χ1v) is 5.68. The van der Waals surface area contributed by atoms with Crippen LogP contribution in [0.4, 0.5) is 0 Å². The highest BCUT2D eigenvalue weighted by atomic mass is 15.3. The minimum absolute atomic E-state index is 0.0702. The fraction of sp³-hybridized carbons (Fsp3) is 0.727. The Hall–Kier alpha value is -0.870. The van der Waals surface area contributed by atoms with Gasteiger partial charge in [0.1, 0.15) is 0 Å². The zero-order valence-electron chi connectivity index (χ0n) is 9.61. The van der Waals surface area contributed by atoms with Gasteiger partial charge in [-0.2, -0.15) is 5.10 Å². The lowest BCUT2D eigenvalue weighted by atomic mass is 9.88. The van der Waals surface area contributed by atoms with Crippen molar-refractivity contribution in [1.29, 1.82) is 0 Å². The number of hydrogen-bond donors (Lipinski definition) is 1. The maximum atomic E-state index is 6.12. The standard InChI is InChI=1S/C11H20N4/c1-3-11(12)8-14(9-11)6-10-5-13-15(4-2)7-10/h5,7H,3-4,6,8-9,12H2,1-2H3. The molecule has 2 N–H and O–H groups in total. The zero-order valence-corrected chi connectivity index (χ0v) is 9.61. The van der Waals surface area contributed by atoms with Crippen LogP contribution < -0.4 is 5.73 Å². The minimum Gasteiger partial charge on any atom is -0.323 e. The summed E-state index contributed by atoms with van der Waals surface area (Å²) < 4.78 is 1.96. The van der Waals surface area contributed by atoms with Gasteiger partial charge < -0.3 is 5.73 Å². The van der Waals surface area contributed by atoms with E-state index in [1.165, 1.54) is 5.56 Å². The summed E-state index contributed by atoms with van der Waals surface area (Å²) in [5.41, 5.74) is 7.47. The predicted octanol–water partition coefficient (Wildman–Crippen LogP) is 0.826. The molecule has 1 aliphatic rings. The molecule has 1 fully saturated rings. The van der Waals surface area contributed by atoms with Gasteiger partial charge in [-0.25, -0.2) is 0 Å². The molecule has 0 radical (unpaired) electrons. The second kappa shape index (κ2) is 3.94. The average molecular weight is 208 g/mol.